The lowest BCUT2D eigenvalue weighted by Gasteiger charge is -2.21. The SMILES string of the molecule is CC1(CN)CCN(Cc2noc(C(C)(C)C)n2)C1.Cl. The lowest BCUT2D eigenvalue weighted by atomic mass is 9.90. The Morgan fingerprint density at radius 2 is 2.11 bits per heavy atom. The summed E-state index contributed by atoms with van der Waals surface area (Å²) in [6.45, 7) is 12.0. The van der Waals surface area contributed by atoms with Crippen molar-refractivity contribution in [2.75, 3.05) is 19.6 Å². The molecule has 1 aromatic heterocycles. The number of rotatable bonds is 3. The normalized spacial score (nSPS) is 24.5. The molecule has 2 rings (SSSR count). The second-order valence-electron chi connectivity index (χ2n) is 6.74. The Bertz CT molecular complexity index is 415. The van der Waals surface area contributed by atoms with Crippen molar-refractivity contribution in [2.24, 2.45) is 11.1 Å². The monoisotopic (exact) mass is 288 g/mol. The molecule has 1 unspecified atom stereocenters. The molecule has 19 heavy (non-hydrogen) atoms. The number of halogens is 1. The van der Waals surface area contributed by atoms with E-state index < -0.39 is 0 Å². The van der Waals surface area contributed by atoms with Crippen molar-refractivity contribution < 1.29 is 4.52 Å². The maximum Gasteiger partial charge on any atom is 0.232 e. The van der Waals surface area contributed by atoms with Crippen LogP contribution in [0.2, 0.25) is 0 Å². The molecule has 0 aliphatic carbocycles. The van der Waals surface area contributed by atoms with E-state index in [1.165, 1.54) is 0 Å². The Labute approximate surface area is 121 Å². The van der Waals surface area contributed by atoms with E-state index in [9.17, 15) is 0 Å². The molecule has 0 spiro atoms. The summed E-state index contributed by atoms with van der Waals surface area (Å²) in [5.41, 5.74) is 5.97. The van der Waals surface area contributed by atoms with Crippen LogP contribution in [0.5, 0.6) is 0 Å². The van der Waals surface area contributed by atoms with Crippen molar-refractivity contribution in [3.8, 4) is 0 Å². The van der Waals surface area contributed by atoms with Gasteiger partial charge in [-0.05, 0) is 24.9 Å². The quantitative estimate of drug-likeness (QED) is 0.921. The zero-order chi connectivity index (χ0) is 13.4. The summed E-state index contributed by atoms with van der Waals surface area (Å²) >= 11 is 0. The molecule has 0 saturated carbocycles. The Morgan fingerprint density at radius 3 is 2.58 bits per heavy atom. The highest BCUT2D eigenvalue weighted by atomic mass is 35.5. The molecule has 0 aromatic carbocycles. The van der Waals surface area contributed by atoms with Crippen LogP contribution in [-0.4, -0.2) is 34.7 Å². The van der Waals surface area contributed by atoms with Crippen molar-refractivity contribution in [1.29, 1.82) is 0 Å². The van der Waals surface area contributed by atoms with Crippen molar-refractivity contribution in [1.82, 2.24) is 15.0 Å². The van der Waals surface area contributed by atoms with E-state index in [0.29, 0.717) is 5.89 Å². The molecule has 0 bridgehead atoms. The molecule has 1 atom stereocenters. The van der Waals surface area contributed by atoms with Crippen molar-refractivity contribution in [3.05, 3.63) is 11.7 Å². The first-order chi connectivity index (χ1) is 8.32. The van der Waals surface area contributed by atoms with Gasteiger partial charge in [-0.15, -0.1) is 12.4 Å². The summed E-state index contributed by atoms with van der Waals surface area (Å²) in [4.78, 5) is 6.82. The number of hydrogen-bond acceptors (Lipinski definition) is 5. The first kappa shape index (κ1) is 16.4. The molecule has 2 N–H and O–H groups in total. The average molecular weight is 289 g/mol. The lowest BCUT2D eigenvalue weighted by Crippen LogP contribution is -2.31. The lowest BCUT2D eigenvalue weighted by molar-refractivity contribution is 0.263. The zero-order valence-electron chi connectivity index (χ0n) is 12.3. The van der Waals surface area contributed by atoms with Crippen molar-refractivity contribution in [3.63, 3.8) is 0 Å². The third kappa shape index (κ3) is 3.91. The predicted octanol–water partition coefficient (Wildman–Crippen LogP) is 1.96. The summed E-state index contributed by atoms with van der Waals surface area (Å²) in [6.07, 6.45) is 1.15. The fourth-order valence-corrected chi connectivity index (χ4v) is 2.25. The first-order valence-corrected chi connectivity index (χ1v) is 6.58. The van der Waals surface area contributed by atoms with Gasteiger partial charge in [0.1, 0.15) is 0 Å². The minimum atomic E-state index is -0.0813. The van der Waals surface area contributed by atoms with Gasteiger partial charge in [0.05, 0.1) is 6.54 Å². The van der Waals surface area contributed by atoms with Crippen LogP contribution >= 0.6 is 12.4 Å². The molecule has 5 nitrogen and oxygen atoms in total. The highest BCUT2D eigenvalue weighted by Gasteiger charge is 2.33. The fourth-order valence-electron chi connectivity index (χ4n) is 2.25. The van der Waals surface area contributed by atoms with Gasteiger partial charge in [-0.2, -0.15) is 4.98 Å². The summed E-state index contributed by atoms with van der Waals surface area (Å²) in [7, 11) is 0. The van der Waals surface area contributed by atoms with Crippen LogP contribution in [0.3, 0.4) is 0 Å². The largest absolute Gasteiger partial charge is 0.339 e. The smallest absolute Gasteiger partial charge is 0.232 e. The fraction of sp³-hybridized carbons (Fsp3) is 0.846. The summed E-state index contributed by atoms with van der Waals surface area (Å²) in [5, 5.41) is 4.06. The van der Waals surface area contributed by atoms with Crippen LogP contribution in [0, 0.1) is 5.41 Å². The zero-order valence-corrected chi connectivity index (χ0v) is 13.1. The molecule has 1 aliphatic rings. The van der Waals surface area contributed by atoms with Gasteiger partial charge in [0, 0.05) is 12.0 Å². The number of hydrogen-bond donors (Lipinski definition) is 1. The van der Waals surface area contributed by atoms with E-state index in [2.05, 4.69) is 42.7 Å². The van der Waals surface area contributed by atoms with E-state index in [0.717, 1.165) is 38.4 Å². The van der Waals surface area contributed by atoms with Gasteiger partial charge in [0.2, 0.25) is 5.89 Å². The van der Waals surface area contributed by atoms with Crippen LogP contribution < -0.4 is 5.73 Å². The number of likely N-dealkylation sites (tertiary alicyclic amines) is 1. The summed E-state index contributed by atoms with van der Waals surface area (Å²) < 4.78 is 5.31. The highest BCUT2D eigenvalue weighted by Crippen LogP contribution is 2.29. The van der Waals surface area contributed by atoms with Crippen LogP contribution in [0.1, 0.15) is 45.8 Å². The van der Waals surface area contributed by atoms with Gasteiger partial charge in [-0.25, -0.2) is 0 Å². The van der Waals surface area contributed by atoms with E-state index in [-0.39, 0.29) is 23.2 Å². The van der Waals surface area contributed by atoms with Crippen LogP contribution in [0.4, 0.5) is 0 Å². The van der Waals surface area contributed by atoms with Crippen molar-refractivity contribution in [2.45, 2.75) is 46.1 Å². The molecule has 1 saturated heterocycles. The molecule has 110 valence electrons. The maximum atomic E-state index is 5.81. The Kier molecular flexibility index (Phi) is 4.98. The van der Waals surface area contributed by atoms with Crippen LogP contribution in [0.25, 0.3) is 0 Å². The topological polar surface area (TPSA) is 68.2 Å². The Morgan fingerprint density at radius 1 is 1.42 bits per heavy atom. The molecule has 0 radical (unpaired) electrons. The van der Waals surface area contributed by atoms with Gasteiger partial charge >= 0.3 is 0 Å². The van der Waals surface area contributed by atoms with Gasteiger partial charge in [0.25, 0.3) is 0 Å². The van der Waals surface area contributed by atoms with Crippen LogP contribution in [0.15, 0.2) is 4.52 Å². The molecule has 1 aromatic rings. The van der Waals surface area contributed by atoms with Gasteiger partial charge in [-0.1, -0.05) is 32.9 Å². The third-order valence-corrected chi connectivity index (χ3v) is 3.60. The van der Waals surface area contributed by atoms with Gasteiger partial charge in [0.15, 0.2) is 5.82 Å². The second-order valence-corrected chi connectivity index (χ2v) is 6.74. The number of nitrogens with zero attached hydrogens (tertiary/aromatic N) is 3. The Hall–Kier alpha value is -0.650. The van der Waals surface area contributed by atoms with Gasteiger partial charge < -0.3 is 10.3 Å². The van der Waals surface area contributed by atoms with Gasteiger partial charge in [-0.3, -0.25) is 4.90 Å². The van der Waals surface area contributed by atoms with Crippen molar-refractivity contribution >= 4 is 12.4 Å². The molecular formula is C13H25ClN4O. The summed E-state index contributed by atoms with van der Waals surface area (Å²) in [6, 6.07) is 0. The average Bonchev–Trinajstić information content (AvgIpc) is 2.86. The summed E-state index contributed by atoms with van der Waals surface area (Å²) in [5.74, 6) is 1.49. The van der Waals surface area contributed by atoms with Crippen LogP contribution in [-0.2, 0) is 12.0 Å². The predicted molar refractivity (Wildman–Crippen MR) is 77.3 cm³/mol. The molecule has 1 fully saturated rings. The maximum absolute atomic E-state index is 5.81. The van der Waals surface area contributed by atoms with E-state index in [1.807, 2.05) is 0 Å². The molecule has 0 amide bonds. The molecule has 2 heterocycles. The molecule has 6 heteroatoms. The minimum absolute atomic E-state index is 0. The number of aromatic nitrogens is 2. The second kappa shape index (κ2) is 5.77. The standard InChI is InChI=1S/C13H24N4O.ClH/c1-12(2,3)11-15-10(16-18-11)7-17-6-5-13(4,8-14)9-17;/h5-9,14H2,1-4H3;1H. The molecular weight excluding hydrogens is 264 g/mol. The van der Waals surface area contributed by atoms with E-state index in [4.69, 9.17) is 10.3 Å². The molecule has 1 aliphatic heterocycles. The number of nitrogens with two attached hydrogens (primary N) is 1. The van der Waals surface area contributed by atoms with E-state index >= 15 is 0 Å². The third-order valence-electron chi connectivity index (χ3n) is 3.60. The highest BCUT2D eigenvalue weighted by molar-refractivity contribution is 5.85. The first-order valence-electron chi connectivity index (χ1n) is 6.58. The Balaban J connectivity index is 0.00000180. The van der Waals surface area contributed by atoms with E-state index in [1.54, 1.807) is 0 Å². The minimum Gasteiger partial charge on any atom is -0.339 e.